The van der Waals surface area contributed by atoms with Crippen molar-refractivity contribution in [1.82, 2.24) is 5.16 Å². The number of carbonyl (C=O) groups excluding carboxylic acids is 2. The molecule has 0 aliphatic heterocycles. The minimum Gasteiger partial charge on any atom is -0.452 e. The molecule has 0 atom stereocenters. The molecular weight excluding hydrogens is 388 g/mol. The summed E-state index contributed by atoms with van der Waals surface area (Å²) in [6.07, 6.45) is 0. The van der Waals surface area contributed by atoms with Crippen molar-refractivity contribution in [3.8, 4) is 0 Å². The SMILES string of the molecule is Cc1ccc(SCc2cccc(C(=O)OCC(=O)Nc3cc(C)on3)c2)c(C)c1. The van der Waals surface area contributed by atoms with Crippen LogP contribution in [0.3, 0.4) is 0 Å². The van der Waals surface area contributed by atoms with Crippen molar-refractivity contribution in [2.24, 2.45) is 0 Å². The van der Waals surface area contributed by atoms with E-state index in [0.717, 1.165) is 11.3 Å². The molecule has 3 rings (SSSR count). The van der Waals surface area contributed by atoms with Crippen LogP contribution in [-0.2, 0) is 15.3 Å². The Balaban J connectivity index is 1.54. The molecule has 0 aliphatic rings. The van der Waals surface area contributed by atoms with Crippen LogP contribution in [0, 0.1) is 20.8 Å². The normalized spacial score (nSPS) is 10.6. The van der Waals surface area contributed by atoms with E-state index in [-0.39, 0.29) is 5.82 Å². The third-order valence-corrected chi connectivity index (χ3v) is 5.36. The predicted octanol–water partition coefficient (Wildman–Crippen LogP) is 4.69. The fraction of sp³-hybridized carbons (Fsp3) is 0.227. The van der Waals surface area contributed by atoms with Gasteiger partial charge in [-0.2, -0.15) is 0 Å². The van der Waals surface area contributed by atoms with E-state index in [1.807, 2.05) is 12.1 Å². The van der Waals surface area contributed by atoms with Crippen molar-refractivity contribution >= 4 is 29.5 Å². The van der Waals surface area contributed by atoms with E-state index in [0.29, 0.717) is 11.3 Å². The van der Waals surface area contributed by atoms with E-state index in [9.17, 15) is 9.59 Å². The smallest absolute Gasteiger partial charge is 0.338 e. The number of benzene rings is 2. The van der Waals surface area contributed by atoms with Crippen LogP contribution in [0.25, 0.3) is 0 Å². The van der Waals surface area contributed by atoms with Gasteiger partial charge in [-0.05, 0) is 50.1 Å². The van der Waals surface area contributed by atoms with Crippen LogP contribution >= 0.6 is 11.8 Å². The van der Waals surface area contributed by atoms with Gasteiger partial charge in [-0.3, -0.25) is 4.79 Å². The van der Waals surface area contributed by atoms with E-state index in [2.05, 4.69) is 42.5 Å². The van der Waals surface area contributed by atoms with Gasteiger partial charge in [0.15, 0.2) is 12.4 Å². The highest BCUT2D eigenvalue weighted by Crippen LogP contribution is 2.27. The lowest BCUT2D eigenvalue weighted by molar-refractivity contribution is -0.119. The van der Waals surface area contributed by atoms with E-state index < -0.39 is 18.5 Å². The molecule has 2 aromatic carbocycles. The van der Waals surface area contributed by atoms with Crippen LogP contribution < -0.4 is 5.32 Å². The summed E-state index contributed by atoms with van der Waals surface area (Å²) in [6, 6.07) is 15.2. The van der Waals surface area contributed by atoms with Gasteiger partial charge in [0.1, 0.15) is 5.76 Å². The Morgan fingerprint density at radius 3 is 2.66 bits per heavy atom. The number of amides is 1. The molecule has 0 unspecified atom stereocenters. The van der Waals surface area contributed by atoms with Crippen LogP contribution in [-0.4, -0.2) is 23.6 Å². The second-order valence-corrected chi connectivity index (χ2v) is 7.72. The molecule has 7 heteroatoms. The Morgan fingerprint density at radius 1 is 1.10 bits per heavy atom. The largest absolute Gasteiger partial charge is 0.452 e. The number of nitrogens with one attached hydrogen (secondary N) is 1. The number of thioether (sulfide) groups is 1. The third kappa shape index (κ3) is 5.96. The molecule has 1 aromatic heterocycles. The minimum atomic E-state index is -0.546. The Bertz CT molecular complexity index is 1030. The van der Waals surface area contributed by atoms with Gasteiger partial charge < -0.3 is 14.6 Å². The first-order chi connectivity index (χ1) is 13.9. The first-order valence-corrected chi connectivity index (χ1v) is 10.1. The molecule has 150 valence electrons. The summed E-state index contributed by atoms with van der Waals surface area (Å²) in [6.45, 7) is 5.48. The molecule has 3 aromatic rings. The van der Waals surface area contributed by atoms with Crippen molar-refractivity contribution in [1.29, 1.82) is 0 Å². The van der Waals surface area contributed by atoms with Crippen LogP contribution in [0.15, 0.2) is 57.9 Å². The lowest BCUT2D eigenvalue weighted by Crippen LogP contribution is -2.21. The highest BCUT2D eigenvalue weighted by Gasteiger charge is 2.12. The average Bonchev–Trinajstić information content (AvgIpc) is 3.10. The molecule has 0 radical (unpaired) electrons. The molecule has 0 aliphatic carbocycles. The Kier molecular flexibility index (Phi) is 6.72. The minimum absolute atomic E-state index is 0.286. The molecule has 29 heavy (non-hydrogen) atoms. The summed E-state index contributed by atoms with van der Waals surface area (Å²) in [5.41, 5.74) is 3.89. The molecule has 1 amide bonds. The number of nitrogens with zero attached hydrogens (tertiary/aromatic N) is 1. The number of rotatable bonds is 7. The number of aryl methyl sites for hydroxylation is 3. The van der Waals surface area contributed by atoms with E-state index >= 15 is 0 Å². The number of carbonyl (C=O) groups is 2. The predicted molar refractivity (Wildman–Crippen MR) is 112 cm³/mol. The maximum atomic E-state index is 12.3. The second-order valence-electron chi connectivity index (χ2n) is 6.71. The second kappa shape index (κ2) is 9.43. The Labute approximate surface area is 173 Å². The summed E-state index contributed by atoms with van der Waals surface area (Å²) in [5, 5.41) is 6.16. The van der Waals surface area contributed by atoms with Gasteiger partial charge in [0.25, 0.3) is 5.91 Å². The van der Waals surface area contributed by atoms with Gasteiger partial charge >= 0.3 is 5.97 Å². The van der Waals surface area contributed by atoms with Crippen molar-refractivity contribution in [3.05, 3.63) is 76.5 Å². The molecule has 1 heterocycles. The zero-order chi connectivity index (χ0) is 20.8. The molecule has 0 spiro atoms. The maximum Gasteiger partial charge on any atom is 0.338 e. The van der Waals surface area contributed by atoms with Crippen LogP contribution in [0.4, 0.5) is 5.82 Å². The number of hydrogen-bond donors (Lipinski definition) is 1. The average molecular weight is 410 g/mol. The first-order valence-electron chi connectivity index (χ1n) is 9.10. The van der Waals surface area contributed by atoms with Gasteiger partial charge in [-0.25, -0.2) is 4.79 Å². The van der Waals surface area contributed by atoms with Gasteiger partial charge in [0.2, 0.25) is 0 Å². The topological polar surface area (TPSA) is 81.4 Å². The number of aromatic nitrogens is 1. The van der Waals surface area contributed by atoms with Crippen molar-refractivity contribution in [2.45, 2.75) is 31.4 Å². The molecule has 0 saturated carbocycles. The summed E-state index contributed by atoms with van der Waals surface area (Å²) < 4.78 is 9.97. The number of anilines is 1. The van der Waals surface area contributed by atoms with Gasteiger partial charge in [0, 0.05) is 16.7 Å². The van der Waals surface area contributed by atoms with Crippen molar-refractivity contribution in [3.63, 3.8) is 0 Å². The molecule has 0 fully saturated rings. The number of ether oxygens (including phenoxy) is 1. The third-order valence-electron chi connectivity index (χ3n) is 4.12. The van der Waals surface area contributed by atoms with E-state index in [1.165, 1.54) is 16.0 Å². The molecule has 0 saturated heterocycles. The van der Waals surface area contributed by atoms with Crippen LogP contribution in [0.1, 0.15) is 32.8 Å². The number of esters is 1. The standard InChI is InChI=1S/C22H22N2O4S/c1-14-7-8-19(15(2)9-14)29-13-17-5-4-6-18(11-17)22(26)27-12-21(25)23-20-10-16(3)28-24-20/h4-11H,12-13H2,1-3H3,(H,23,24,25). The summed E-state index contributed by atoms with van der Waals surface area (Å²) in [4.78, 5) is 25.4. The highest BCUT2D eigenvalue weighted by molar-refractivity contribution is 7.98. The maximum absolute atomic E-state index is 12.3. The lowest BCUT2D eigenvalue weighted by atomic mass is 10.1. The highest BCUT2D eigenvalue weighted by atomic mass is 32.2. The van der Waals surface area contributed by atoms with E-state index in [1.54, 1.807) is 36.9 Å². The zero-order valence-electron chi connectivity index (χ0n) is 16.5. The monoisotopic (exact) mass is 410 g/mol. The Morgan fingerprint density at radius 2 is 1.93 bits per heavy atom. The van der Waals surface area contributed by atoms with Crippen LogP contribution in [0.2, 0.25) is 0 Å². The van der Waals surface area contributed by atoms with Gasteiger partial charge in [-0.15, -0.1) is 11.8 Å². The van der Waals surface area contributed by atoms with Crippen LogP contribution in [0.5, 0.6) is 0 Å². The molecule has 6 nitrogen and oxygen atoms in total. The van der Waals surface area contributed by atoms with Gasteiger partial charge in [0.05, 0.1) is 5.56 Å². The molecule has 0 bridgehead atoms. The fourth-order valence-electron chi connectivity index (χ4n) is 2.73. The quantitative estimate of drug-likeness (QED) is 0.450. The fourth-order valence-corrected chi connectivity index (χ4v) is 3.68. The number of hydrogen-bond acceptors (Lipinski definition) is 6. The zero-order valence-corrected chi connectivity index (χ0v) is 17.3. The van der Waals surface area contributed by atoms with Crippen molar-refractivity contribution in [2.75, 3.05) is 11.9 Å². The first kappa shape index (κ1) is 20.7. The van der Waals surface area contributed by atoms with Gasteiger partial charge in [-0.1, -0.05) is 35.0 Å². The molecular formula is C22H22N2O4S. The summed E-state index contributed by atoms with van der Waals surface area (Å²) in [7, 11) is 0. The molecule has 1 N–H and O–H groups in total. The summed E-state index contributed by atoms with van der Waals surface area (Å²) in [5.74, 6) is 0.571. The summed E-state index contributed by atoms with van der Waals surface area (Å²) >= 11 is 1.72. The van der Waals surface area contributed by atoms with Crippen molar-refractivity contribution < 1.29 is 18.8 Å². The lowest BCUT2D eigenvalue weighted by Gasteiger charge is -2.08. The van der Waals surface area contributed by atoms with E-state index in [4.69, 9.17) is 9.26 Å². The Hall–Kier alpha value is -3.06.